The van der Waals surface area contributed by atoms with E-state index in [1.165, 1.54) is 25.3 Å². The van der Waals surface area contributed by atoms with E-state index in [9.17, 15) is 9.18 Å². The smallest absolute Gasteiger partial charge is 0.337 e. The van der Waals surface area contributed by atoms with Gasteiger partial charge in [-0.3, -0.25) is 0 Å². The first-order valence-electron chi connectivity index (χ1n) is 6.33. The van der Waals surface area contributed by atoms with Crippen LogP contribution in [-0.4, -0.2) is 18.2 Å². The summed E-state index contributed by atoms with van der Waals surface area (Å²) in [6, 6.07) is 10.8. The molecule has 0 fully saturated rings. The van der Waals surface area contributed by atoms with Crippen molar-refractivity contribution in [1.29, 1.82) is 0 Å². The molecule has 21 heavy (non-hydrogen) atoms. The van der Waals surface area contributed by atoms with Crippen LogP contribution in [0.4, 0.5) is 4.39 Å². The van der Waals surface area contributed by atoms with Crippen LogP contribution < -0.4 is 4.74 Å². The van der Waals surface area contributed by atoms with E-state index in [2.05, 4.69) is 4.74 Å². The van der Waals surface area contributed by atoms with Gasteiger partial charge in [0.25, 0.3) is 0 Å². The summed E-state index contributed by atoms with van der Waals surface area (Å²) in [5.74, 6) is -0.395. The summed E-state index contributed by atoms with van der Waals surface area (Å²) in [7, 11) is 1.32. The molecule has 0 saturated carbocycles. The first kappa shape index (κ1) is 15.0. The molecule has 5 heteroatoms. The molecule has 0 radical (unpaired) electrons. The quantitative estimate of drug-likeness (QED) is 0.860. The van der Waals surface area contributed by atoms with Crippen molar-refractivity contribution < 1.29 is 23.8 Å². The summed E-state index contributed by atoms with van der Waals surface area (Å²) in [4.78, 5) is 11.3. The Morgan fingerprint density at radius 2 is 1.90 bits per heavy atom. The predicted octanol–water partition coefficient (Wildman–Crippen LogP) is 2.68. The van der Waals surface area contributed by atoms with Gasteiger partial charge in [0.1, 0.15) is 18.2 Å². The molecule has 1 N–H and O–H groups in total. The van der Waals surface area contributed by atoms with Gasteiger partial charge in [0.15, 0.2) is 0 Å². The largest absolute Gasteiger partial charge is 0.489 e. The fourth-order valence-corrected chi connectivity index (χ4v) is 1.83. The number of hydrogen-bond acceptors (Lipinski definition) is 4. The number of benzene rings is 2. The molecule has 2 aromatic rings. The van der Waals surface area contributed by atoms with Crippen LogP contribution in [0.5, 0.6) is 5.75 Å². The van der Waals surface area contributed by atoms with Gasteiger partial charge < -0.3 is 14.6 Å². The van der Waals surface area contributed by atoms with Crippen molar-refractivity contribution >= 4 is 5.97 Å². The van der Waals surface area contributed by atoms with Gasteiger partial charge in [0, 0.05) is 5.56 Å². The van der Waals surface area contributed by atoms with E-state index in [0.717, 1.165) is 5.56 Å². The predicted molar refractivity (Wildman–Crippen MR) is 74.4 cm³/mol. The number of aliphatic hydroxyl groups is 1. The zero-order chi connectivity index (χ0) is 15.2. The number of aliphatic hydroxyl groups excluding tert-OH is 1. The minimum atomic E-state index is -0.422. The molecule has 0 unspecified atom stereocenters. The Kier molecular flexibility index (Phi) is 4.90. The Hall–Kier alpha value is -2.40. The lowest BCUT2D eigenvalue weighted by atomic mass is 10.1. The molecule has 0 heterocycles. The van der Waals surface area contributed by atoms with Crippen molar-refractivity contribution in [3.63, 3.8) is 0 Å². The van der Waals surface area contributed by atoms with Crippen molar-refractivity contribution in [2.24, 2.45) is 0 Å². The zero-order valence-electron chi connectivity index (χ0n) is 11.5. The van der Waals surface area contributed by atoms with Crippen molar-refractivity contribution in [2.75, 3.05) is 7.11 Å². The van der Waals surface area contributed by atoms with E-state index < -0.39 is 11.8 Å². The average molecular weight is 290 g/mol. The molecule has 0 amide bonds. The zero-order valence-corrected chi connectivity index (χ0v) is 11.5. The molecule has 4 nitrogen and oxygen atoms in total. The first-order valence-corrected chi connectivity index (χ1v) is 6.33. The van der Waals surface area contributed by atoms with Gasteiger partial charge in [-0.05, 0) is 35.9 Å². The second-order valence-electron chi connectivity index (χ2n) is 4.39. The van der Waals surface area contributed by atoms with Crippen LogP contribution >= 0.6 is 0 Å². The first-order chi connectivity index (χ1) is 10.1. The lowest BCUT2D eigenvalue weighted by molar-refractivity contribution is 0.0600. The number of carbonyl (C=O) groups excluding carboxylic acids is 1. The van der Waals surface area contributed by atoms with Crippen LogP contribution in [0.1, 0.15) is 21.5 Å². The van der Waals surface area contributed by atoms with Crippen molar-refractivity contribution in [1.82, 2.24) is 0 Å². The van der Waals surface area contributed by atoms with E-state index in [4.69, 9.17) is 9.84 Å². The fourth-order valence-electron chi connectivity index (χ4n) is 1.83. The highest BCUT2D eigenvalue weighted by Gasteiger charge is 2.07. The Bertz CT molecular complexity index is 623. The molecule has 0 aliphatic rings. The molecule has 0 aliphatic heterocycles. The topological polar surface area (TPSA) is 55.8 Å². The summed E-state index contributed by atoms with van der Waals surface area (Å²) in [6.07, 6.45) is 0. The normalized spacial score (nSPS) is 10.2. The number of methoxy groups -OCH3 is 1. The summed E-state index contributed by atoms with van der Waals surface area (Å²) in [5, 5.41) is 9.17. The maximum Gasteiger partial charge on any atom is 0.337 e. The Balaban J connectivity index is 2.05. The molecular formula is C16H15FO4. The van der Waals surface area contributed by atoms with E-state index in [0.29, 0.717) is 16.9 Å². The van der Waals surface area contributed by atoms with Crippen LogP contribution in [0, 0.1) is 5.82 Å². The van der Waals surface area contributed by atoms with Gasteiger partial charge in [-0.1, -0.05) is 12.1 Å². The Morgan fingerprint density at radius 3 is 2.52 bits per heavy atom. The number of halogens is 1. The van der Waals surface area contributed by atoms with E-state index >= 15 is 0 Å². The van der Waals surface area contributed by atoms with Crippen molar-refractivity contribution in [3.8, 4) is 5.75 Å². The third-order valence-electron chi connectivity index (χ3n) is 2.96. The van der Waals surface area contributed by atoms with Gasteiger partial charge in [-0.2, -0.15) is 0 Å². The standard InChI is InChI=1S/C16H15FO4/c1-20-16(19)12-4-2-11(3-5-12)10-21-15-7-6-14(17)8-13(15)9-18/h2-8,18H,9-10H2,1H3. The molecule has 0 atom stereocenters. The van der Waals surface area contributed by atoms with Gasteiger partial charge in [0.2, 0.25) is 0 Å². The van der Waals surface area contributed by atoms with Gasteiger partial charge in [0.05, 0.1) is 19.3 Å². The molecule has 2 aromatic carbocycles. The molecule has 0 saturated heterocycles. The Labute approximate surface area is 121 Å². The molecule has 0 spiro atoms. The van der Waals surface area contributed by atoms with Crippen LogP contribution in [0.3, 0.4) is 0 Å². The van der Waals surface area contributed by atoms with Crippen LogP contribution in [0.25, 0.3) is 0 Å². The minimum absolute atomic E-state index is 0.250. The molecule has 2 rings (SSSR count). The highest BCUT2D eigenvalue weighted by molar-refractivity contribution is 5.89. The van der Waals surface area contributed by atoms with Crippen LogP contribution in [0.2, 0.25) is 0 Å². The highest BCUT2D eigenvalue weighted by atomic mass is 19.1. The van der Waals surface area contributed by atoms with Gasteiger partial charge in [-0.15, -0.1) is 0 Å². The second-order valence-corrected chi connectivity index (χ2v) is 4.39. The van der Waals surface area contributed by atoms with Gasteiger partial charge >= 0.3 is 5.97 Å². The van der Waals surface area contributed by atoms with Crippen LogP contribution in [0.15, 0.2) is 42.5 Å². The van der Waals surface area contributed by atoms with Crippen molar-refractivity contribution in [2.45, 2.75) is 13.2 Å². The highest BCUT2D eigenvalue weighted by Crippen LogP contribution is 2.21. The Morgan fingerprint density at radius 1 is 1.19 bits per heavy atom. The fraction of sp³-hybridized carbons (Fsp3) is 0.188. The summed E-state index contributed by atoms with van der Waals surface area (Å²) < 4.78 is 23.2. The number of esters is 1. The van der Waals surface area contributed by atoms with E-state index in [1.807, 2.05) is 0 Å². The number of ether oxygens (including phenoxy) is 2. The molecular weight excluding hydrogens is 275 g/mol. The maximum atomic E-state index is 13.0. The number of rotatable bonds is 5. The van der Waals surface area contributed by atoms with E-state index in [-0.39, 0.29) is 13.2 Å². The summed E-state index contributed by atoms with van der Waals surface area (Å²) in [5.41, 5.74) is 1.69. The van der Waals surface area contributed by atoms with Crippen LogP contribution in [-0.2, 0) is 18.0 Å². The molecule has 110 valence electrons. The number of carbonyl (C=O) groups is 1. The lowest BCUT2D eigenvalue weighted by Crippen LogP contribution is -2.02. The monoisotopic (exact) mass is 290 g/mol. The third-order valence-corrected chi connectivity index (χ3v) is 2.96. The molecule has 0 bridgehead atoms. The van der Waals surface area contributed by atoms with E-state index in [1.54, 1.807) is 24.3 Å². The third kappa shape index (κ3) is 3.79. The van der Waals surface area contributed by atoms with Crippen molar-refractivity contribution in [3.05, 3.63) is 65.0 Å². The average Bonchev–Trinajstić information content (AvgIpc) is 2.53. The molecule has 0 aromatic heterocycles. The summed E-state index contributed by atoms with van der Waals surface area (Å²) >= 11 is 0. The molecule has 0 aliphatic carbocycles. The maximum absolute atomic E-state index is 13.0. The minimum Gasteiger partial charge on any atom is -0.489 e. The van der Waals surface area contributed by atoms with Gasteiger partial charge in [-0.25, -0.2) is 9.18 Å². The lowest BCUT2D eigenvalue weighted by Gasteiger charge is -2.10. The SMILES string of the molecule is COC(=O)c1ccc(COc2ccc(F)cc2CO)cc1. The second kappa shape index (κ2) is 6.85. The number of hydrogen-bond donors (Lipinski definition) is 1. The summed E-state index contributed by atoms with van der Waals surface area (Å²) in [6.45, 7) is -0.0472.